The van der Waals surface area contributed by atoms with E-state index >= 15 is 0 Å². The van der Waals surface area contributed by atoms with Gasteiger partial charge in [-0.05, 0) is 11.6 Å². The summed E-state index contributed by atoms with van der Waals surface area (Å²) in [6.07, 6.45) is 2.12. The van der Waals surface area contributed by atoms with Gasteiger partial charge in [0.25, 0.3) is 0 Å². The van der Waals surface area contributed by atoms with Crippen molar-refractivity contribution in [2.24, 2.45) is 0 Å². The Balaban J connectivity index is 2.62. The Morgan fingerprint density at radius 3 is 2.84 bits per heavy atom. The minimum atomic E-state index is -1.16. The Bertz CT molecular complexity index is 461. The lowest BCUT2D eigenvalue weighted by Gasteiger charge is -2.14. The molecular weight excluding hydrogens is 272 g/mol. The molecule has 0 aromatic carbocycles. The predicted molar refractivity (Wildman–Crippen MR) is 69.1 cm³/mol. The van der Waals surface area contributed by atoms with Gasteiger partial charge in [-0.1, -0.05) is 30.3 Å². The van der Waals surface area contributed by atoms with E-state index in [1.165, 1.54) is 12.3 Å². The van der Waals surface area contributed by atoms with Crippen LogP contribution in [0.4, 0.5) is 4.79 Å². The number of aromatic nitrogens is 1. The van der Waals surface area contributed by atoms with Gasteiger partial charge in [-0.15, -0.1) is 0 Å². The van der Waals surface area contributed by atoms with Gasteiger partial charge < -0.3 is 15.2 Å². The third-order valence-electron chi connectivity index (χ3n) is 2.15. The highest BCUT2D eigenvalue weighted by Gasteiger charge is 2.21. The molecule has 6 nitrogen and oxygen atoms in total. The van der Waals surface area contributed by atoms with Gasteiger partial charge in [0.1, 0.15) is 17.8 Å². The van der Waals surface area contributed by atoms with Crippen molar-refractivity contribution in [2.45, 2.75) is 12.5 Å². The molecule has 1 heterocycles. The molecule has 0 spiro atoms. The number of carbonyl (C=O) groups is 2. The fourth-order valence-electron chi connectivity index (χ4n) is 1.28. The number of carbonyl (C=O) groups excluding carboxylic acids is 1. The quantitative estimate of drug-likeness (QED) is 0.612. The summed E-state index contributed by atoms with van der Waals surface area (Å²) in [5.74, 6) is -1.16. The van der Waals surface area contributed by atoms with E-state index in [0.29, 0.717) is 10.7 Å². The van der Waals surface area contributed by atoms with Crippen LogP contribution in [0.5, 0.6) is 0 Å². The first-order chi connectivity index (χ1) is 9.02. The van der Waals surface area contributed by atoms with Crippen molar-refractivity contribution in [3.63, 3.8) is 0 Å². The van der Waals surface area contributed by atoms with Gasteiger partial charge in [0.15, 0.2) is 0 Å². The van der Waals surface area contributed by atoms with E-state index in [9.17, 15) is 9.59 Å². The normalized spacial score (nSPS) is 11.4. The third kappa shape index (κ3) is 5.39. The van der Waals surface area contributed by atoms with E-state index in [1.807, 2.05) is 0 Å². The maximum atomic E-state index is 11.3. The fraction of sp³-hybridized carbons (Fsp3) is 0.250. The maximum Gasteiger partial charge on any atom is 0.408 e. The van der Waals surface area contributed by atoms with Gasteiger partial charge in [-0.2, -0.15) is 0 Å². The largest absolute Gasteiger partial charge is 0.480 e. The van der Waals surface area contributed by atoms with Crippen molar-refractivity contribution in [1.29, 1.82) is 0 Å². The van der Waals surface area contributed by atoms with Gasteiger partial charge in [0.2, 0.25) is 0 Å². The van der Waals surface area contributed by atoms with Crippen molar-refractivity contribution in [2.75, 3.05) is 6.61 Å². The van der Waals surface area contributed by atoms with Crippen LogP contribution < -0.4 is 5.32 Å². The molecule has 1 rings (SSSR count). The zero-order chi connectivity index (χ0) is 14.3. The summed E-state index contributed by atoms with van der Waals surface area (Å²) >= 11 is 5.63. The van der Waals surface area contributed by atoms with Crippen LogP contribution in [0.25, 0.3) is 0 Å². The molecule has 0 saturated carbocycles. The molecule has 1 aromatic rings. The lowest BCUT2D eigenvalue weighted by molar-refractivity contribution is -0.139. The number of rotatable bonds is 6. The van der Waals surface area contributed by atoms with Gasteiger partial charge in [-0.25, -0.2) is 14.6 Å². The minimum Gasteiger partial charge on any atom is -0.480 e. The summed E-state index contributed by atoms with van der Waals surface area (Å²) < 4.78 is 4.66. The van der Waals surface area contributed by atoms with Gasteiger partial charge in [-0.3, -0.25) is 0 Å². The highest BCUT2D eigenvalue weighted by Crippen LogP contribution is 2.07. The number of hydrogen-bond acceptors (Lipinski definition) is 4. The number of pyridine rings is 1. The number of amides is 1. The van der Waals surface area contributed by atoms with Crippen LogP contribution in [0.1, 0.15) is 5.56 Å². The van der Waals surface area contributed by atoms with E-state index in [0.717, 1.165) is 0 Å². The second-order valence-corrected chi connectivity index (χ2v) is 4.00. The molecule has 7 heteroatoms. The number of aliphatic carboxylic acids is 1. The Kier molecular flexibility index (Phi) is 5.81. The lowest BCUT2D eigenvalue weighted by atomic mass is 10.1. The first kappa shape index (κ1) is 15.0. The number of nitrogens with zero attached hydrogens (tertiary/aromatic N) is 1. The maximum absolute atomic E-state index is 11.3. The van der Waals surface area contributed by atoms with Gasteiger partial charge in [0, 0.05) is 12.6 Å². The van der Waals surface area contributed by atoms with E-state index in [4.69, 9.17) is 16.7 Å². The summed E-state index contributed by atoms with van der Waals surface area (Å²) in [6.45, 7) is 3.40. The molecule has 0 aliphatic rings. The minimum absolute atomic E-state index is 0.0146. The first-order valence-electron chi connectivity index (χ1n) is 5.40. The zero-order valence-corrected chi connectivity index (χ0v) is 10.8. The smallest absolute Gasteiger partial charge is 0.408 e. The standard InChI is InChI=1S/C12H13ClN2O4/c1-2-5-19-12(18)15-9(11(16)17)6-8-3-4-10(13)14-7-8/h2-4,7,9H,1,5-6H2,(H,15,18)(H,16,17). The number of carboxylic acids is 1. The van der Waals surface area contributed by atoms with Crippen LogP contribution in [0, 0.1) is 0 Å². The van der Waals surface area contributed by atoms with Crippen molar-refractivity contribution in [1.82, 2.24) is 10.3 Å². The summed E-state index contributed by atoms with van der Waals surface area (Å²) in [4.78, 5) is 26.2. The Morgan fingerprint density at radius 1 is 1.58 bits per heavy atom. The van der Waals surface area contributed by atoms with Crippen LogP contribution >= 0.6 is 11.6 Å². The molecule has 0 aliphatic carbocycles. The molecule has 0 saturated heterocycles. The third-order valence-corrected chi connectivity index (χ3v) is 2.37. The lowest BCUT2D eigenvalue weighted by Crippen LogP contribution is -2.42. The molecule has 2 N–H and O–H groups in total. The van der Waals surface area contributed by atoms with Crippen LogP contribution in [0.15, 0.2) is 31.0 Å². The SMILES string of the molecule is C=CCOC(=O)NC(Cc1ccc(Cl)nc1)C(=O)O. The van der Waals surface area contributed by atoms with E-state index in [-0.39, 0.29) is 13.0 Å². The number of ether oxygens (including phenoxy) is 1. The van der Waals surface area contributed by atoms with Gasteiger partial charge >= 0.3 is 12.1 Å². The number of carboxylic acid groups (broad SMARTS) is 1. The molecule has 0 bridgehead atoms. The average molecular weight is 285 g/mol. The Morgan fingerprint density at radius 2 is 2.32 bits per heavy atom. The van der Waals surface area contributed by atoms with Crippen molar-refractivity contribution in [3.8, 4) is 0 Å². The number of halogens is 1. The highest BCUT2D eigenvalue weighted by atomic mass is 35.5. The van der Waals surface area contributed by atoms with Crippen LogP contribution in [0.3, 0.4) is 0 Å². The fourth-order valence-corrected chi connectivity index (χ4v) is 1.39. The molecule has 1 amide bonds. The molecule has 1 atom stereocenters. The van der Waals surface area contributed by atoms with E-state index in [2.05, 4.69) is 21.6 Å². The van der Waals surface area contributed by atoms with Crippen molar-refractivity contribution < 1.29 is 19.4 Å². The molecule has 0 fully saturated rings. The molecule has 102 valence electrons. The molecule has 19 heavy (non-hydrogen) atoms. The van der Waals surface area contributed by atoms with Crippen LogP contribution in [-0.2, 0) is 16.0 Å². The number of alkyl carbamates (subject to hydrolysis) is 1. The Labute approximate surface area is 115 Å². The summed E-state index contributed by atoms with van der Waals surface area (Å²) in [6, 6.07) is 2.09. The van der Waals surface area contributed by atoms with Crippen LogP contribution in [0.2, 0.25) is 5.15 Å². The molecule has 0 radical (unpaired) electrons. The van der Waals surface area contributed by atoms with Gasteiger partial charge in [0.05, 0.1) is 0 Å². The number of nitrogens with one attached hydrogen (secondary N) is 1. The van der Waals surface area contributed by atoms with Crippen molar-refractivity contribution >= 4 is 23.7 Å². The molecule has 1 unspecified atom stereocenters. The second-order valence-electron chi connectivity index (χ2n) is 3.62. The second kappa shape index (κ2) is 7.38. The molecular formula is C12H13ClN2O4. The topological polar surface area (TPSA) is 88.5 Å². The van der Waals surface area contributed by atoms with E-state index in [1.54, 1.807) is 12.1 Å². The van der Waals surface area contributed by atoms with Crippen LogP contribution in [-0.4, -0.2) is 34.8 Å². The monoisotopic (exact) mass is 284 g/mol. The van der Waals surface area contributed by atoms with E-state index < -0.39 is 18.1 Å². The first-order valence-corrected chi connectivity index (χ1v) is 5.78. The summed E-state index contributed by atoms with van der Waals surface area (Å²) in [7, 11) is 0. The predicted octanol–water partition coefficient (Wildman–Crippen LogP) is 1.64. The van der Waals surface area contributed by atoms with Crippen molar-refractivity contribution in [3.05, 3.63) is 41.7 Å². The molecule has 1 aromatic heterocycles. The zero-order valence-electron chi connectivity index (χ0n) is 10.0. The highest BCUT2D eigenvalue weighted by molar-refractivity contribution is 6.29. The Hall–Kier alpha value is -2.08. The number of hydrogen-bond donors (Lipinski definition) is 2. The summed E-state index contributed by atoms with van der Waals surface area (Å²) in [5.41, 5.74) is 0.640. The molecule has 0 aliphatic heterocycles. The average Bonchev–Trinajstić information content (AvgIpc) is 2.38. The summed E-state index contributed by atoms with van der Waals surface area (Å²) in [5, 5.41) is 11.6.